The van der Waals surface area contributed by atoms with Crippen molar-refractivity contribution in [3.8, 4) is 5.75 Å². The molecule has 1 aliphatic heterocycles. The monoisotopic (exact) mass is 287 g/mol. The summed E-state index contributed by atoms with van der Waals surface area (Å²) < 4.78 is 6.06. The largest absolute Gasteiger partial charge is 0.508 e. The van der Waals surface area contributed by atoms with Gasteiger partial charge >= 0.3 is 0 Å². The molecule has 0 saturated heterocycles. The molecule has 0 unspecified atom stereocenters. The highest BCUT2D eigenvalue weighted by Crippen LogP contribution is 2.37. The lowest BCUT2D eigenvalue weighted by Gasteiger charge is -2.29. The molecule has 2 aliphatic rings. The van der Waals surface area contributed by atoms with Gasteiger partial charge in [0, 0.05) is 5.71 Å². The zero-order valence-corrected chi connectivity index (χ0v) is 12.8. The van der Waals surface area contributed by atoms with Crippen molar-refractivity contribution in [2.24, 2.45) is 4.99 Å². The van der Waals surface area contributed by atoms with Gasteiger partial charge in [0.05, 0.1) is 18.8 Å². The van der Waals surface area contributed by atoms with E-state index >= 15 is 0 Å². The van der Waals surface area contributed by atoms with Gasteiger partial charge in [-0.1, -0.05) is 18.2 Å². The minimum absolute atomic E-state index is 0.378. The SMILES string of the molecule is CC1=N[C@@H](COC2CCC(c3ccccc3O)CC2)CC1. The standard InChI is InChI=1S/C18H25NO2/c1-13-6-9-15(19-13)12-21-16-10-7-14(8-11-16)17-4-2-3-5-18(17)20/h2-5,14-16,20H,6-12H2,1H3/t14?,15-,16?/m1/s1. The number of para-hydroxylation sites is 1. The van der Waals surface area contributed by atoms with Crippen LogP contribution in [-0.4, -0.2) is 29.6 Å². The Bertz CT molecular complexity index is 504. The van der Waals surface area contributed by atoms with Crippen LogP contribution in [0.15, 0.2) is 29.3 Å². The first kappa shape index (κ1) is 14.6. The molecule has 0 bridgehead atoms. The van der Waals surface area contributed by atoms with E-state index in [1.807, 2.05) is 12.1 Å². The van der Waals surface area contributed by atoms with Gasteiger partial charge < -0.3 is 9.84 Å². The smallest absolute Gasteiger partial charge is 0.119 e. The summed E-state index contributed by atoms with van der Waals surface area (Å²) in [6.07, 6.45) is 7.06. The van der Waals surface area contributed by atoms with Crippen LogP contribution in [0.5, 0.6) is 5.75 Å². The highest BCUT2D eigenvalue weighted by molar-refractivity contribution is 5.83. The van der Waals surface area contributed by atoms with Crippen LogP contribution in [0.1, 0.15) is 56.9 Å². The van der Waals surface area contributed by atoms with Gasteiger partial charge in [0.25, 0.3) is 0 Å². The summed E-state index contributed by atoms with van der Waals surface area (Å²) in [5.41, 5.74) is 2.37. The fourth-order valence-electron chi connectivity index (χ4n) is 3.56. The van der Waals surface area contributed by atoms with E-state index < -0.39 is 0 Å². The number of ether oxygens (including phenoxy) is 1. The van der Waals surface area contributed by atoms with Crippen molar-refractivity contribution in [1.82, 2.24) is 0 Å². The zero-order valence-electron chi connectivity index (χ0n) is 12.8. The molecule has 3 heteroatoms. The molecule has 3 rings (SSSR count). The van der Waals surface area contributed by atoms with E-state index in [4.69, 9.17) is 4.74 Å². The van der Waals surface area contributed by atoms with Gasteiger partial charge in [0.15, 0.2) is 0 Å². The van der Waals surface area contributed by atoms with E-state index in [1.54, 1.807) is 6.07 Å². The Morgan fingerprint density at radius 1 is 1.14 bits per heavy atom. The topological polar surface area (TPSA) is 41.8 Å². The number of phenols is 1. The lowest BCUT2D eigenvalue weighted by atomic mass is 9.82. The third kappa shape index (κ3) is 3.65. The average Bonchev–Trinajstić information content (AvgIpc) is 2.92. The molecule has 1 aliphatic carbocycles. The second-order valence-electron chi connectivity index (χ2n) is 6.42. The Hall–Kier alpha value is -1.35. The van der Waals surface area contributed by atoms with Crippen molar-refractivity contribution in [1.29, 1.82) is 0 Å². The van der Waals surface area contributed by atoms with Crippen LogP contribution >= 0.6 is 0 Å². The Balaban J connectivity index is 1.46. The van der Waals surface area contributed by atoms with Gasteiger partial charge in [-0.25, -0.2) is 0 Å². The molecule has 0 spiro atoms. The maximum atomic E-state index is 9.95. The summed E-state index contributed by atoms with van der Waals surface area (Å²) in [4.78, 5) is 4.61. The highest BCUT2D eigenvalue weighted by Gasteiger charge is 2.25. The molecule has 0 radical (unpaired) electrons. The first-order valence-electron chi connectivity index (χ1n) is 8.15. The van der Waals surface area contributed by atoms with Crippen LogP contribution in [0.2, 0.25) is 0 Å². The second-order valence-corrected chi connectivity index (χ2v) is 6.42. The van der Waals surface area contributed by atoms with Gasteiger partial charge in [0.1, 0.15) is 5.75 Å². The quantitative estimate of drug-likeness (QED) is 0.907. The molecule has 0 amide bonds. The predicted molar refractivity (Wildman–Crippen MR) is 85.2 cm³/mol. The van der Waals surface area contributed by atoms with Crippen molar-refractivity contribution in [3.63, 3.8) is 0 Å². The number of nitrogens with zero attached hydrogens (tertiary/aromatic N) is 1. The molecule has 21 heavy (non-hydrogen) atoms. The molecule has 1 saturated carbocycles. The van der Waals surface area contributed by atoms with Crippen LogP contribution in [-0.2, 0) is 4.74 Å². The van der Waals surface area contributed by atoms with E-state index in [1.165, 1.54) is 5.71 Å². The summed E-state index contributed by atoms with van der Waals surface area (Å²) in [7, 11) is 0. The van der Waals surface area contributed by atoms with Gasteiger partial charge in [-0.05, 0) is 63.0 Å². The molecule has 114 valence electrons. The van der Waals surface area contributed by atoms with Crippen LogP contribution < -0.4 is 0 Å². The number of hydrogen-bond donors (Lipinski definition) is 1. The van der Waals surface area contributed by atoms with Crippen LogP contribution in [0.3, 0.4) is 0 Å². The molecule has 1 atom stereocenters. The van der Waals surface area contributed by atoms with E-state index in [-0.39, 0.29) is 0 Å². The van der Waals surface area contributed by atoms with E-state index in [2.05, 4.69) is 18.0 Å². The summed E-state index contributed by atoms with van der Waals surface area (Å²) in [5, 5.41) is 9.95. The predicted octanol–water partition coefficient (Wildman–Crippen LogP) is 4.06. The van der Waals surface area contributed by atoms with Gasteiger partial charge in [0.2, 0.25) is 0 Å². The Morgan fingerprint density at radius 2 is 1.90 bits per heavy atom. The Kier molecular flexibility index (Phi) is 4.59. The molecule has 1 N–H and O–H groups in total. The molecule has 1 aromatic rings. The molecule has 1 fully saturated rings. The molecule has 1 aromatic carbocycles. The molecule has 0 aromatic heterocycles. The maximum absolute atomic E-state index is 9.95. The van der Waals surface area contributed by atoms with Crippen molar-refractivity contribution in [2.45, 2.75) is 63.5 Å². The molecular formula is C18H25NO2. The number of hydrogen-bond acceptors (Lipinski definition) is 3. The highest BCUT2D eigenvalue weighted by atomic mass is 16.5. The third-order valence-electron chi connectivity index (χ3n) is 4.82. The number of rotatable bonds is 4. The molecular weight excluding hydrogens is 262 g/mol. The summed E-state index contributed by atoms with van der Waals surface area (Å²) in [6.45, 7) is 2.89. The molecule has 3 nitrogen and oxygen atoms in total. The third-order valence-corrected chi connectivity index (χ3v) is 4.82. The lowest BCUT2D eigenvalue weighted by molar-refractivity contribution is 0.0177. The minimum atomic E-state index is 0.378. The van der Waals surface area contributed by atoms with E-state index in [9.17, 15) is 5.11 Å². The Morgan fingerprint density at radius 3 is 2.57 bits per heavy atom. The van der Waals surface area contributed by atoms with Gasteiger partial charge in [-0.3, -0.25) is 4.99 Å². The lowest BCUT2D eigenvalue weighted by Crippen LogP contribution is -2.24. The van der Waals surface area contributed by atoms with E-state index in [0.29, 0.717) is 23.8 Å². The average molecular weight is 287 g/mol. The van der Waals surface area contributed by atoms with Crippen LogP contribution in [0.4, 0.5) is 0 Å². The number of phenolic OH excluding ortho intramolecular Hbond substituents is 1. The summed E-state index contributed by atoms with van der Waals surface area (Å²) >= 11 is 0. The summed E-state index contributed by atoms with van der Waals surface area (Å²) in [5.74, 6) is 0.926. The van der Waals surface area contributed by atoms with E-state index in [0.717, 1.165) is 50.7 Å². The second kappa shape index (κ2) is 6.61. The minimum Gasteiger partial charge on any atom is -0.508 e. The van der Waals surface area contributed by atoms with Crippen molar-refractivity contribution >= 4 is 5.71 Å². The number of aliphatic imine (C=N–C) groups is 1. The summed E-state index contributed by atoms with van der Waals surface area (Å²) in [6, 6.07) is 8.13. The maximum Gasteiger partial charge on any atom is 0.119 e. The van der Waals surface area contributed by atoms with Crippen molar-refractivity contribution in [2.75, 3.05) is 6.61 Å². The first-order chi connectivity index (χ1) is 10.2. The van der Waals surface area contributed by atoms with Crippen LogP contribution in [0.25, 0.3) is 0 Å². The number of benzene rings is 1. The fourth-order valence-corrected chi connectivity index (χ4v) is 3.56. The van der Waals surface area contributed by atoms with Crippen molar-refractivity contribution in [3.05, 3.63) is 29.8 Å². The first-order valence-corrected chi connectivity index (χ1v) is 8.15. The normalized spacial score (nSPS) is 29.4. The Labute approximate surface area is 127 Å². The van der Waals surface area contributed by atoms with Crippen molar-refractivity contribution < 1.29 is 9.84 Å². The zero-order chi connectivity index (χ0) is 14.7. The van der Waals surface area contributed by atoms with Crippen LogP contribution in [0, 0.1) is 0 Å². The van der Waals surface area contributed by atoms with Gasteiger partial charge in [-0.15, -0.1) is 0 Å². The fraction of sp³-hybridized carbons (Fsp3) is 0.611. The molecule has 1 heterocycles. The van der Waals surface area contributed by atoms with Gasteiger partial charge in [-0.2, -0.15) is 0 Å². The number of aromatic hydroxyl groups is 1.